The molecule has 0 spiro atoms. The first-order valence-corrected chi connectivity index (χ1v) is 5.51. The quantitative estimate of drug-likeness (QED) is 0.816. The van der Waals surface area contributed by atoms with Crippen LogP contribution in [0, 0.1) is 0 Å². The minimum absolute atomic E-state index is 0.219. The van der Waals surface area contributed by atoms with Gasteiger partial charge >= 0.3 is 0 Å². The molecule has 2 rings (SSSR count). The van der Waals surface area contributed by atoms with E-state index in [2.05, 4.69) is 24.3 Å². The summed E-state index contributed by atoms with van der Waals surface area (Å²) < 4.78 is 5.63. The molecule has 1 aromatic carbocycles. The van der Waals surface area contributed by atoms with E-state index >= 15 is 0 Å². The first-order chi connectivity index (χ1) is 7.06. The Morgan fingerprint density at radius 3 is 2.80 bits per heavy atom. The Kier molecular flexibility index (Phi) is 2.81. The third-order valence-electron chi connectivity index (χ3n) is 2.75. The molecule has 1 atom stereocenters. The zero-order chi connectivity index (χ0) is 10.9. The van der Waals surface area contributed by atoms with Gasteiger partial charge in [-0.3, -0.25) is 0 Å². The van der Waals surface area contributed by atoms with Gasteiger partial charge in [-0.25, -0.2) is 0 Å². The number of nitrogens with two attached hydrogens (primary N) is 1. The maximum atomic E-state index is 5.85. The van der Waals surface area contributed by atoms with E-state index in [4.69, 9.17) is 10.5 Å². The lowest BCUT2D eigenvalue weighted by molar-refractivity contribution is 0.0817. The minimum Gasteiger partial charge on any atom is -0.379 e. The Hall–Kier alpha value is -0.860. The summed E-state index contributed by atoms with van der Waals surface area (Å²) in [4.78, 5) is 0. The maximum absolute atomic E-state index is 5.85. The zero-order valence-corrected chi connectivity index (χ0v) is 9.49. The molecule has 2 N–H and O–H groups in total. The van der Waals surface area contributed by atoms with Crippen molar-refractivity contribution in [3.05, 3.63) is 35.4 Å². The molecular formula is C13H19NO. The second-order valence-corrected chi connectivity index (χ2v) is 5.10. The number of ether oxygens (including phenoxy) is 1. The monoisotopic (exact) mass is 205 g/mol. The summed E-state index contributed by atoms with van der Waals surface area (Å²) in [7, 11) is 0. The van der Waals surface area contributed by atoms with Crippen LogP contribution in [0.15, 0.2) is 24.3 Å². The predicted molar refractivity (Wildman–Crippen MR) is 62.0 cm³/mol. The molecule has 1 aliphatic rings. The van der Waals surface area contributed by atoms with E-state index in [-0.39, 0.29) is 5.54 Å². The highest BCUT2D eigenvalue weighted by molar-refractivity contribution is 5.39. The van der Waals surface area contributed by atoms with Gasteiger partial charge in [0.2, 0.25) is 0 Å². The lowest BCUT2D eigenvalue weighted by Gasteiger charge is -2.30. The molecule has 2 nitrogen and oxygen atoms in total. The van der Waals surface area contributed by atoms with Gasteiger partial charge < -0.3 is 10.5 Å². The van der Waals surface area contributed by atoms with Crippen molar-refractivity contribution in [1.82, 2.24) is 0 Å². The van der Waals surface area contributed by atoms with Crippen LogP contribution in [0.1, 0.15) is 30.9 Å². The average molecular weight is 205 g/mol. The summed E-state index contributed by atoms with van der Waals surface area (Å²) in [5.74, 6) is 0.587. The number of rotatable bonds is 4. The molecule has 1 aliphatic carbocycles. The highest BCUT2D eigenvalue weighted by Crippen LogP contribution is 2.34. The second kappa shape index (κ2) is 3.95. The highest BCUT2D eigenvalue weighted by Gasteiger charge is 2.25. The Balaban J connectivity index is 1.81. The molecule has 0 aliphatic heterocycles. The van der Waals surface area contributed by atoms with E-state index in [1.165, 1.54) is 11.1 Å². The average Bonchev–Trinajstić information content (AvgIpc) is 2.11. The van der Waals surface area contributed by atoms with Crippen LogP contribution in [-0.4, -0.2) is 18.8 Å². The minimum atomic E-state index is -0.219. The number of hydrogen-bond donors (Lipinski definition) is 1. The Morgan fingerprint density at radius 2 is 2.13 bits per heavy atom. The van der Waals surface area contributed by atoms with Gasteiger partial charge in [0, 0.05) is 11.5 Å². The third-order valence-corrected chi connectivity index (χ3v) is 2.75. The van der Waals surface area contributed by atoms with Gasteiger partial charge in [0.1, 0.15) is 0 Å². The van der Waals surface area contributed by atoms with Gasteiger partial charge in [-0.15, -0.1) is 0 Å². The lowest BCUT2D eigenvalue weighted by atomic mass is 9.78. The van der Waals surface area contributed by atoms with Crippen molar-refractivity contribution in [1.29, 1.82) is 0 Å². The fraction of sp³-hybridized carbons (Fsp3) is 0.538. The van der Waals surface area contributed by atoms with Crippen LogP contribution in [0.3, 0.4) is 0 Å². The second-order valence-electron chi connectivity index (χ2n) is 5.10. The highest BCUT2D eigenvalue weighted by atomic mass is 16.5. The Labute approximate surface area is 91.4 Å². The SMILES string of the molecule is CC(C)(N)COCC1Cc2ccccc21. The standard InChI is InChI=1S/C13H19NO/c1-13(2,14)9-15-8-11-7-10-5-3-4-6-12(10)11/h3-6,11H,7-9,14H2,1-2H3. The Bertz CT molecular complexity index is 341. The molecule has 0 heterocycles. The van der Waals surface area contributed by atoms with Gasteiger partial charge in [-0.2, -0.15) is 0 Å². The van der Waals surface area contributed by atoms with Crippen molar-refractivity contribution >= 4 is 0 Å². The molecule has 0 radical (unpaired) electrons. The summed E-state index contributed by atoms with van der Waals surface area (Å²) in [5, 5.41) is 0. The van der Waals surface area contributed by atoms with Crippen LogP contribution in [0.4, 0.5) is 0 Å². The van der Waals surface area contributed by atoms with Crippen LogP contribution in [0.25, 0.3) is 0 Å². The molecular weight excluding hydrogens is 186 g/mol. The molecule has 0 saturated carbocycles. The smallest absolute Gasteiger partial charge is 0.0641 e. The van der Waals surface area contributed by atoms with E-state index in [1.807, 2.05) is 13.8 Å². The maximum Gasteiger partial charge on any atom is 0.0641 e. The summed E-state index contributed by atoms with van der Waals surface area (Å²) in [6, 6.07) is 8.58. The van der Waals surface area contributed by atoms with Gasteiger partial charge in [-0.1, -0.05) is 24.3 Å². The van der Waals surface area contributed by atoms with Gasteiger partial charge in [0.25, 0.3) is 0 Å². The Morgan fingerprint density at radius 1 is 1.40 bits per heavy atom. The van der Waals surface area contributed by atoms with E-state index in [9.17, 15) is 0 Å². The molecule has 1 unspecified atom stereocenters. The summed E-state index contributed by atoms with van der Waals surface area (Å²) in [6.07, 6.45) is 1.15. The van der Waals surface area contributed by atoms with Gasteiger partial charge in [0.05, 0.1) is 13.2 Å². The molecule has 0 saturated heterocycles. The van der Waals surface area contributed by atoms with Crippen LogP contribution >= 0.6 is 0 Å². The van der Waals surface area contributed by atoms with Gasteiger partial charge in [-0.05, 0) is 31.4 Å². The summed E-state index contributed by atoms with van der Waals surface area (Å²) in [6.45, 7) is 5.41. The molecule has 2 heteroatoms. The zero-order valence-electron chi connectivity index (χ0n) is 9.49. The normalized spacial score (nSPS) is 19.5. The predicted octanol–water partition coefficient (Wildman–Crippen LogP) is 2.08. The molecule has 0 amide bonds. The van der Waals surface area contributed by atoms with Crippen molar-refractivity contribution in [2.24, 2.45) is 5.73 Å². The first-order valence-electron chi connectivity index (χ1n) is 5.51. The van der Waals surface area contributed by atoms with Crippen LogP contribution < -0.4 is 5.73 Å². The lowest BCUT2D eigenvalue weighted by Crippen LogP contribution is -2.38. The van der Waals surface area contributed by atoms with Crippen molar-refractivity contribution in [3.8, 4) is 0 Å². The number of fused-ring (bicyclic) bond motifs is 1. The summed E-state index contributed by atoms with van der Waals surface area (Å²) in [5.41, 5.74) is 8.55. The van der Waals surface area contributed by atoms with Crippen LogP contribution in [-0.2, 0) is 11.2 Å². The topological polar surface area (TPSA) is 35.2 Å². The largest absolute Gasteiger partial charge is 0.379 e. The molecule has 15 heavy (non-hydrogen) atoms. The van der Waals surface area contributed by atoms with Crippen molar-refractivity contribution in [3.63, 3.8) is 0 Å². The molecule has 82 valence electrons. The summed E-state index contributed by atoms with van der Waals surface area (Å²) >= 11 is 0. The van der Waals surface area contributed by atoms with Crippen molar-refractivity contribution < 1.29 is 4.74 Å². The number of benzene rings is 1. The van der Waals surface area contributed by atoms with Crippen molar-refractivity contribution in [2.75, 3.05) is 13.2 Å². The number of hydrogen-bond acceptors (Lipinski definition) is 2. The van der Waals surface area contributed by atoms with Gasteiger partial charge in [0.15, 0.2) is 0 Å². The third kappa shape index (κ3) is 2.58. The molecule has 0 aromatic heterocycles. The van der Waals surface area contributed by atoms with Crippen molar-refractivity contribution in [2.45, 2.75) is 31.7 Å². The molecule has 0 fully saturated rings. The first kappa shape index (κ1) is 10.7. The van der Waals surface area contributed by atoms with Crippen LogP contribution in [0.5, 0.6) is 0 Å². The van der Waals surface area contributed by atoms with E-state index in [1.54, 1.807) is 0 Å². The molecule has 1 aromatic rings. The fourth-order valence-electron chi connectivity index (χ4n) is 1.98. The fourth-order valence-corrected chi connectivity index (χ4v) is 1.98. The van der Waals surface area contributed by atoms with Crippen LogP contribution in [0.2, 0.25) is 0 Å². The van der Waals surface area contributed by atoms with E-state index < -0.39 is 0 Å². The molecule has 0 bridgehead atoms. The van der Waals surface area contributed by atoms with E-state index in [0.717, 1.165) is 13.0 Å². The van der Waals surface area contributed by atoms with E-state index in [0.29, 0.717) is 12.5 Å².